The minimum absolute atomic E-state index is 0. The maximum atomic E-state index is 11.8. The summed E-state index contributed by atoms with van der Waals surface area (Å²) in [5.74, 6) is -2.17. The Morgan fingerprint density at radius 2 is 2.05 bits per heavy atom. The fraction of sp³-hybridized carbons (Fsp3) is 0.273. The molecule has 1 aromatic rings. The maximum Gasteiger partial charge on any atom is 1.00 e. The SMILES string of the molecule is COc1cc(S(=O)(=O)O)cc(C=N[C@@H](C)C(=O)O)c1[O-].[Na+]. The number of ether oxygens (including phenoxy) is 1. The summed E-state index contributed by atoms with van der Waals surface area (Å²) in [6.07, 6.45) is 0.929. The molecule has 0 unspecified atom stereocenters. The van der Waals surface area contributed by atoms with Crippen molar-refractivity contribution in [1.29, 1.82) is 0 Å². The number of aliphatic carboxylic acids is 1. The second kappa shape index (κ2) is 7.76. The number of carbonyl (C=O) groups is 1. The largest absolute Gasteiger partial charge is 1.00 e. The summed E-state index contributed by atoms with van der Waals surface area (Å²) in [6.45, 7) is 1.28. The van der Waals surface area contributed by atoms with Crippen LogP contribution in [0.5, 0.6) is 11.5 Å². The first-order valence-corrected chi connectivity index (χ1v) is 6.73. The third kappa shape index (κ3) is 5.29. The van der Waals surface area contributed by atoms with Crippen LogP contribution in [-0.4, -0.2) is 43.4 Å². The molecule has 2 N–H and O–H groups in total. The molecular formula is C11H12NNaO7S. The molecule has 8 nitrogen and oxygen atoms in total. The van der Waals surface area contributed by atoms with Crippen LogP contribution in [0.3, 0.4) is 0 Å². The number of methoxy groups -OCH3 is 1. The van der Waals surface area contributed by atoms with Gasteiger partial charge in [0.25, 0.3) is 10.1 Å². The molecule has 0 heterocycles. The van der Waals surface area contributed by atoms with E-state index < -0.39 is 32.8 Å². The molecule has 110 valence electrons. The van der Waals surface area contributed by atoms with Gasteiger partial charge in [-0.3, -0.25) is 9.55 Å². The standard InChI is InChI=1S/C11H13NO7S.Na/c1-6(11(14)15)12-5-7-3-8(20(16,17)18)4-9(19-2)10(7)13;/h3-6,13H,1-2H3,(H,14,15)(H,16,17,18);/q;+1/p-1/t6-;/m0./s1. The van der Waals surface area contributed by atoms with Gasteiger partial charge in [0.2, 0.25) is 0 Å². The van der Waals surface area contributed by atoms with Gasteiger partial charge in [0.1, 0.15) is 11.8 Å². The van der Waals surface area contributed by atoms with Crippen molar-refractivity contribution >= 4 is 22.3 Å². The molecule has 0 radical (unpaired) electrons. The number of carboxylic acids is 1. The van der Waals surface area contributed by atoms with Crippen LogP contribution in [-0.2, 0) is 14.9 Å². The average Bonchev–Trinajstić information content (AvgIpc) is 2.35. The summed E-state index contributed by atoms with van der Waals surface area (Å²) in [5, 5.41) is 20.5. The van der Waals surface area contributed by atoms with Gasteiger partial charge in [0.05, 0.1) is 12.0 Å². The average molecular weight is 325 g/mol. The molecule has 10 heteroatoms. The van der Waals surface area contributed by atoms with E-state index in [-0.39, 0.29) is 40.9 Å². The van der Waals surface area contributed by atoms with E-state index in [4.69, 9.17) is 14.4 Å². The van der Waals surface area contributed by atoms with Crippen molar-refractivity contribution in [3.63, 3.8) is 0 Å². The summed E-state index contributed by atoms with van der Waals surface area (Å²) in [7, 11) is -3.37. The van der Waals surface area contributed by atoms with Gasteiger partial charge < -0.3 is 14.9 Å². The predicted octanol–water partition coefficient (Wildman–Crippen LogP) is -3.09. The van der Waals surface area contributed by atoms with E-state index in [9.17, 15) is 18.3 Å². The smallest absolute Gasteiger partial charge is 0.870 e. The summed E-state index contributed by atoms with van der Waals surface area (Å²) < 4.78 is 35.8. The Morgan fingerprint density at radius 1 is 1.48 bits per heavy atom. The van der Waals surface area contributed by atoms with Crippen LogP contribution in [0.4, 0.5) is 0 Å². The molecule has 0 aliphatic heterocycles. The molecule has 1 rings (SSSR count). The van der Waals surface area contributed by atoms with Crippen LogP contribution in [0.25, 0.3) is 0 Å². The van der Waals surface area contributed by atoms with Crippen molar-refractivity contribution in [3.8, 4) is 11.5 Å². The second-order valence-electron chi connectivity index (χ2n) is 3.81. The molecule has 0 spiro atoms. The van der Waals surface area contributed by atoms with Crippen molar-refractivity contribution in [2.24, 2.45) is 4.99 Å². The first-order valence-electron chi connectivity index (χ1n) is 5.29. The molecule has 0 saturated carbocycles. The summed E-state index contributed by atoms with van der Waals surface area (Å²) >= 11 is 0. The molecule has 21 heavy (non-hydrogen) atoms. The van der Waals surface area contributed by atoms with Crippen molar-refractivity contribution in [2.45, 2.75) is 17.9 Å². The third-order valence-electron chi connectivity index (χ3n) is 2.37. The molecule has 0 aliphatic rings. The fourth-order valence-electron chi connectivity index (χ4n) is 1.25. The van der Waals surface area contributed by atoms with E-state index >= 15 is 0 Å². The number of carboxylic acid groups (broad SMARTS) is 1. The first-order chi connectivity index (χ1) is 9.16. The van der Waals surface area contributed by atoms with Crippen molar-refractivity contribution in [3.05, 3.63) is 17.7 Å². The zero-order valence-corrected chi connectivity index (χ0v) is 14.4. The van der Waals surface area contributed by atoms with Gasteiger partial charge in [-0.15, -0.1) is 0 Å². The molecule has 0 saturated heterocycles. The minimum atomic E-state index is -4.53. The summed E-state index contributed by atoms with van der Waals surface area (Å²) in [6, 6.07) is 0.656. The van der Waals surface area contributed by atoms with Crippen LogP contribution >= 0.6 is 0 Å². The van der Waals surface area contributed by atoms with E-state index in [2.05, 4.69) is 4.99 Å². The van der Waals surface area contributed by atoms with E-state index in [1.165, 1.54) is 6.92 Å². The second-order valence-corrected chi connectivity index (χ2v) is 5.23. The normalized spacial score (nSPS) is 12.7. The summed E-state index contributed by atoms with van der Waals surface area (Å²) in [4.78, 5) is 13.7. The number of hydrogen-bond donors (Lipinski definition) is 2. The van der Waals surface area contributed by atoms with Gasteiger partial charge in [-0.2, -0.15) is 8.42 Å². The molecule has 0 aliphatic carbocycles. The molecule has 0 fully saturated rings. The first kappa shape index (κ1) is 19.9. The molecule has 1 aromatic carbocycles. The van der Waals surface area contributed by atoms with Crippen LogP contribution in [0.2, 0.25) is 0 Å². The van der Waals surface area contributed by atoms with Crippen LogP contribution < -0.4 is 39.4 Å². The predicted molar refractivity (Wildman–Crippen MR) is 66.9 cm³/mol. The van der Waals surface area contributed by atoms with Crippen molar-refractivity contribution in [2.75, 3.05) is 7.11 Å². The Labute approximate surface area is 143 Å². The quantitative estimate of drug-likeness (QED) is 0.332. The van der Waals surface area contributed by atoms with Crippen LogP contribution in [0.15, 0.2) is 22.0 Å². The van der Waals surface area contributed by atoms with E-state index in [1.54, 1.807) is 0 Å². The van der Waals surface area contributed by atoms with Gasteiger partial charge in [0, 0.05) is 12.3 Å². The number of rotatable bonds is 5. The number of nitrogens with zero attached hydrogens (tertiary/aromatic N) is 1. The zero-order chi connectivity index (χ0) is 15.5. The van der Waals surface area contributed by atoms with Crippen molar-refractivity contribution < 1.29 is 62.3 Å². The monoisotopic (exact) mass is 325 g/mol. The van der Waals surface area contributed by atoms with E-state index in [1.807, 2.05) is 0 Å². The van der Waals surface area contributed by atoms with Gasteiger partial charge >= 0.3 is 35.5 Å². The molecule has 1 atom stereocenters. The molecule has 0 aromatic heterocycles. The fourth-order valence-corrected chi connectivity index (χ4v) is 1.78. The van der Waals surface area contributed by atoms with Gasteiger partial charge in [-0.1, -0.05) is 5.75 Å². The Morgan fingerprint density at radius 3 is 2.48 bits per heavy atom. The van der Waals surface area contributed by atoms with Crippen LogP contribution in [0.1, 0.15) is 12.5 Å². The maximum absolute atomic E-state index is 11.8. The number of benzene rings is 1. The van der Waals surface area contributed by atoms with Gasteiger partial charge in [-0.25, -0.2) is 4.79 Å². The third-order valence-corrected chi connectivity index (χ3v) is 3.20. The molecular weight excluding hydrogens is 313 g/mol. The minimum Gasteiger partial charge on any atom is -0.870 e. The van der Waals surface area contributed by atoms with Crippen LogP contribution in [0, 0.1) is 0 Å². The Hall–Kier alpha value is -1.13. The topological polar surface area (TPSA) is 136 Å². The number of aliphatic imine (C=N–C) groups is 1. The van der Waals surface area contributed by atoms with Gasteiger partial charge in [-0.05, 0) is 18.6 Å². The Balaban J connectivity index is 0.00000400. The van der Waals surface area contributed by atoms with Crippen molar-refractivity contribution in [1.82, 2.24) is 0 Å². The molecule has 0 bridgehead atoms. The Bertz CT molecular complexity index is 657. The van der Waals surface area contributed by atoms with E-state index in [0.29, 0.717) is 0 Å². The number of hydrogen-bond acceptors (Lipinski definition) is 6. The summed E-state index contributed by atoms with van der Waals surface area (Å²) in [5.41, 5.74) is -0.204. The Kier molecular flexibility index (Phi) is 7.34. The zero-order valence-electron chi connectivity index (χ0n) is 11.6. The van der Waals surface area contributed by atoms with Gasteiger partial charge in [0.15, 0.2) is 0 Å². The van der Waals surface area contributed by atoms with E-state index in [0.717, 1.165) is 25.5 Å². The molecule has 0 amide bonds.